The Bertz CT molecular complexity index is 722. The lowest BCUT2D eigenvalue weighted by atomic mass is 9.96. The molecule has 0 radical (unpaired) electrons. The fraction of sp³-hybridized carbons (Fsp3) is 0.278. The minimum absolute atomic E-state index is 0.287. The molecule has 1 aliphatic heterocycles. The maximum Gasteiger partial charge on any atom is 0.320 e. The molecule has 2 atom stereocenters. The number of likely N-dealkylation sites (tertiary alicyclic amines) is 1. The van der Waals surface area contributed by atoms with Gasteiger partial charge in [-0.2, -0.15) is 0 Å². The highest BCUT2D eigenvalue weighted by Crippen LogP contribution is 2.38. The van der Waals surface area contributed by atoms with Gasteiger partial charge in [-0.15, -0.1) is 0 Å². The Morgan fingerprint density at radius 2 is 2.04 bits per heavy atom. The predicted molar refractivity (Wildman–Crippen MR) is 89.7 cm³/mol. The van der Waals surface area contributed by atoms with Gasteiger partial charge < -0.3 is 5.11 Å². The first-order valence-electron chi connectivity index (χ1n) is 7.56. The third kappa shape index (κ3) is 3.31. The summed E-state index contributed by atoms with van der Waals surface area (Å²) in [4.78, 5) is 13.6. The van der Waals surface area contributed by atoms with Crippen LogP contribution in [-0.4, -0.2) is 28.6 Å². The molecule has 1 fully saturated rings. The van der Waals surface area contributed by atoms with Gasteiger partial charge >= 0.3 is 5.97 Å². The van der Waals surface area contributed by atoms with E-state index in [1.807, 2.05) is 35.2 Å². The van der Waals surface area contributed by atoms with Crippen molar-refractivity contribution >= 4 is 21.9 Å². The van der Waals surface area contributed by atoms with Gasteiger partial charge in [0, 0.05) is 11.0 Å². The zero-order valence-corrected chi connectivity index (χ0v) is 14.0. The van der Waals surface area contributed by atoms with Crippen LogP contribution >= 0.6 is 15.9 Å². The van der Waals surface area contributed by atoms with Crippen LogP contribution in [0.5, 0.6) is 0 Å². The predicted octanol–water partition coefficient (Wildman–Crippen LogP) is 4.23. The van der Waals surface area contributed by atoms with Crippen molar-refractivity contribution in [1.29, 1.82) is 0 Å². The molecule has 5 heteroatoms. The minimum atomic E-state index is -0.823. The highest BCUT2D eigenvalue weighted by molar-refractivity contribution is 9.10. The third-order valence-corrected chi connectivity index (χ3v) is 5.00. The number of carboxylic acids is 1. The summed E-state index contributed by atoms with van der Waals surface area (Å²) in [6, 6.07) is 13.3. The second-order valence-electron chi connectivity index (χ2n) is 5.71. The molecule has 3 rings (SSSR count). The van der Waals surface area contributed by atoms with E-state index in [2.05, 4.69) is 15.9 Å². The second kappa shape index (κ2) is 6.81. The summed E-state index contributed by atoms with van der Waals surface area (Å²) >= 11 is 3.55. The van der Waals surface area contributed by atoms with E-state index in [-0.39, 0.29) is 11.9 Å². The Hall–Kier alpha value is -1.72. The lowest BCUT2D eigenvalue weighted by molar-refractivity contribution is -0.142. The van der Waals surface area contributed by atoms with Crippen molar-refractivity contribution in [2.75, 3.05) is 6.54 Å². The van der Waals surface area contributed by atoms with Crippen LogP contribution in [0.1, 0.15) is 30.0 Å². The largest absolute Gasteiger partial charge is 0.480 e. The van der Waals surface area contributed by atoms with Crippen LogP contribution in [0.2, 0.25) is 0 Å². The summed E-state index contributed by atoms with van der Waals surface area (Å²) in [7, 11) is 0. The number of rotatable bonds is 4. The van der Waals surface area contributed by atoms with Gasteiger partial charge in [0.2, 0.25) is 0 Å². The normalized spacial score (nSPS) is 19.7. The standard InChI is InChI=1S/C18H17BrFNO2/c19-15-8-2-1-7-14(15)17(12-5-3-6-13(20)11-12)21-10-4-9-16(21)18(22)23/h1-3,5-8,11,16-17H,4,9-10H2,(H,22,23). The van der Waals surface area contributed by atoms with E-state index >= 15 is 0 Å². The molecule has 1 heterocycles. The van der Waals surface area contributed by atoms with E-state index in [1.54, 1.807) is 6.07 Å². The molecular weight excluding hydrogens is 361 g/mol. The smallest absolute Gasteiger partial charge is 0.320 e. The maximum absolute atomic E-state index is 13.7. The van der Waals surface area contributed by atoms with E-state index in [1.165, 1.54) is 12.1 Å². The maximum atomic E-state index is 13.7. The molecule has 0 aromatic heterocycles. The summed E-state index contributed by atoms with van der Waals surface area (Å²) in [5, 5.41) is 9.52. The summed E-state index contributed by atoms with van der Waals surface area (Å²) in [6.07, 6.45) is 1.44. The monoisotopic (exact) mass is 377 g/mol. The summed E-state index contributed by atoms with van der Waals surface area (Å²) in [5.74, 6) is -1.14. The van der Waals surface area contributed by atoms with E-state index in [9.17, 15) is 14.3 Å². The minimum Gasteiger partial charge on any atom is -0.480 e. The molecule has 2 aromatic carbocycles. The Morgan fingerprint density at radius 3 is 2.74 bits per heavy atom. The Labute approximate surface area is 142 Å². The van der Waals surface area contributed by atoms with E-state index in [4.69, 9.17) is 0 Å². The second-order valence-corrected chi connectivity index (χ2v) is 6.57. The number of aliphatic carboxylic acids is 1. The van der Waals surface area contributed by atoms with Gasteiger partial charge in [-0.25, -0.2) is 4.39 Å². The van der Waals surface area contributed by atoms with Crippen LogP contribution in [0, 0.1) is 5.82 Å². The number of hydrogen-bond donors (Lipinski definition) is 1. The molecule has 1 saturated heterocycles. The third-order valence-electron chi connectivity index (χ3n) is 4.28. The molecule has 1 aliphatic rings. The van der Waals surface area contributed by atoms with Gasteiger partial charge in [0.05, 0.1) is 6.04 Å². The fourth-order valence-corrected chi connectivity index (χ4v) is 3.79. The van der Waals surface area contributed by atoms with Crippen molar-refractivity contribution in [2.24, 2.45) is 0 Å². The molecule has 120 valence electrons. The molecule has 23 heavy (non-hydrogen) atoms. The number of carboxylic acid groups (broad SMARTS) is 1. The van der Waals surface area contributed by atoms with Gasteiger partial charge in [-0.05, 0) is 42.2 Å². The van der Waals surface area contributed by atoms with Crippen molar-refractivity contribution in [3.63, 3.8) is 0 Å². The Kier molecular flexibility index (Phi) is 4.78. The molecule has 0 aliphatic carbocycles. The first-order valence-corrected chi connectivity index (χ1v) is 8.35. The van der Waals surface area contributed by atoms with Gasteiger partial charge in [0.25, 0.3) is 0 Å². The topological polar surface area (TPSA) is 40.5 Å². The zero-order valence-electron chi connectivity index (χ0n) is 12.5. The number of halogens is 2. The summed E-state index contributed by atoms with van der Waals surface area (Å²) in [6.45, 7) is 0.680. The number of nitrogens with zero attached hydrogens (tertiary/aromatic N) is 1. The van der Waals surface area contributed by atoms with E-state index in [0.29, 0.717) is 13.0 Å². The number of hydrogen-bond acceptors (Lipinski definition) is 2. The zero-order chi connectivity index (χ0) is 16.4. The van der Waals surface area contributed by atoms with Crippen molar-refractivity contribution in [3.05, 3.63) is 69.9 Å². The van der Waals surface area contributed by atoms with Crippen LogP contribution in [0.4, 0.5) is 4.39 Å². The van der Waals surface area contributed by atoms with Crippen molar-refractivity contribution in [3.8, 4) is 0 Å². The SMILES string of the molecule is O=C(O)C1CCCN1C(c1cccc(F)c1)c1ccccc1Br. The molecule has 2 aromatic rings. The number of benzene rings is 2. The van der Waals surface area contributed by atoms with Crippen LogP contribution in [0.25, 0.3) is 0 Å². The molecule has 0 bridgehead atoms. The molecule has 0 amide bonds. The van der Waals surface area contributed by atoms with Crippen LogP contribution in [0.15, 0.2) is 53.0 Å². The summed E-state index contributed by atoms with van der Waals surface area (Å²) < 4.78 is 14.6. The molecule has 0 saturated carbocycles. The highest BCUT2D eigenvalue weighted by Gasteiger charge is 2.37. The molecule has 0 spiro atoms. The average molecular weight is 378 g/mol. The van der Waals surface area contributed by atoms with Gasteiger partial charge in [-0.3, -0.25) is 9.69 Å². The molecule has 1 N–H and O–H groups in total. The van der Waals surface area contributed by atoms with Crippen LogP contribution in [-0.2, 0) is 4.79 Å². The van der Waals surface area contributed by atoms with Crippen molar-refractivity contribution in [1.82, 2.24) is 4.90 Å². The van der Waals surface area contributed by atoms with E-state index < -0.39 is 12.0 Å². The highest BCUT2D eigenvalue weighted by atomic mass is 79.9. The van der Waals surface area contributed by atoms with Gasteiger partial charge in [0.1, 0.15) is 11.9 Å². The fourth-order valence-electron chi connectivity index (χ4n) is 3.29. The van der Waals surface area contributed by atoms with E-state index in [0.717, 1.165) is 22.0 Å². The molecule has 2 unspecified atom stereocenters. The molecule has 3 nitrogen and oxygen atoms in total. The van der Waals surface area contributed by atoms with Crippen molar-refractivity contribution < 1.29 is 14.3 Å². The van der Waals surface area contributed by atoms with Crippen LogP contribution < -0.4 is 0 Å². The van der Waals surface area contributed by atoms with Gasteiger partial charge in [0.15, 0.2) is 0 Å². The lowest BCUT2D eigenvalue weighted by Crippen LogP contribution is -2.39. The quantitative estimate of drug-likeness (QED) is 0.866. The Balaban J connectivity index is 2.11. The Morgan fingerprint density at radius 1 is 1.26 bits per heavy atom. The lowest BCUT2D eigenvalue weighted by Gasteiger charge is -2.32. The first kappa shape index (κ1) is 16.1. The molecular formula is C18H17BrFNO2. The average Bonchev–Trinajstić information content (AvgIpc) is 2.99. The first-order chi connectivity index (χ1) is 11.1. The van der Waals surface area contributed by atoms with Crippen molar-refractivity contribution in [2.45, 2.75) is 24.9 Å². The summed E-state index contributed by atoms with van der Waals surface area (Å²) in [5.41, 5.74) is 1.72. The number of carbonyl (C=O) groups is 1. The van der Waals surface area contributed by atoms with Gasteiger partial charge in [-0.1, -0.05) is 46.3 Å². The van der Waals surface area contributed by atoms with Crippen LogP contribution in [0.3, 0.4) is 0 Å².